The van der Waals surface area contributed by atoms with Crippen molar-refractivity contribution in [3.8, 4) is 0 Å². The highest BCUT2D eigenvalue weighted by molar-refractivity contribution is 7.54. The number of rotatable bonds is 15. The van der Waals surface area contributed by atoms with E-state index < -0.39 is 68.5 Å². The summed E-state index contributed by atoms with van der Waals surface area (Å²) >= 11 is 0. The van der Waals surface area contributed by atoms with Gasteiger partial charge in [0.1, 0.15) is 6.10 Å². The van der Waals surface area contributed by atoms with Gasteiger partial charge in [0.05, 0.1) is 45.4 Å². The van der Waals surface area contributed by atoms with Gasteiger partial charge in [-0.25, -0.2) is 15.0 Å². The predicted molar refractivity (Wildman–Crippen MR) is 123 cm³/mol. The van der Waals surface area contributed by atoms with Gasteiger partial charge in [-0.3, -0.25) is 32.9 Å². The molecule has 0 bridgehead atoms. The van der Waals surface area contributed by atoms with Gasteiger partial charge in [0.25, 0.3) is 5.56 Å². The normalized spacial score (nSPS) is 21.9. The lowest BCUT2D eigenvalue weighted by molar-refractivity contribution is -0.143. The van der Waals surface area contributed by atoms with Gasteiger partial charge in [0, 0.05) is 31.3 Å². The van der Waals surface area contributed by atoms with Gasteiger partial charge in [-0.05, 0) is 13.8 Å². The molecule has 0 aromatic carbocycles. The summed E-state index contributed by atoms with van der Waals surface area (Å²) in [7, 11) is -3.90. The van der Waals surface area contributed by atoms with Crippen molar-refractivity contribution < 1.29 is 42.4 Å². The van der Waals surface area contributed by atoms with Crippen LogP contribution in [0.2, 0.25) is 0 Å². The van der Waals surface area contributed by atoms with Crippen LogP contribution in [-0.2, 0) is 32.9 Å². The Bertz CT molecular complexity index is 1010. The number of nitrogens with zero attached hydrogens (tertiary/aromatic N) is 1. The molecule has 0 aliphatic carbocycles. The van der Waals surface area contributed by atoms with E-state index >= 15 is 0 Å². The molecule has 0 unspecified atom stereocenters. The highest BCUT2D eigenvalue weighted by Crippen LogP contribution is 2.40. The molecule has 4 N–H and O–H groups in total. The summed E-state index contributed by atoms with van der Waals surface area (Å²) in [6.07, 6.45) is -3.06. The molecule has 16 heteroatoms. The smallest absolute Gasteiger partial charge is 0.340 e. The number of nitrogens with one attached hydrogen (secondary N) is 3. The Morgan fingerprint density at radius 3 is 2.25 bits per heavy atom. The van der Waals surface area contributed by atoms with Crippen LogP contribution in [0.15, 0.2) is 21.9 Å². The second kappa shape index (κ2) is 14.4. The summed E-state index contributed by atoms with van der Waals surface area (Å²) in [5.41, 5.74) is -1.52. The van der Waals surface area contributed by atoms with Crippen molar-refractivity contribution in [2.75, 3.05) is 39.6 Å². The van der Waals surface area contributed by atoms with Crippen LogP contribution in [0.4, 0.5) is 4.39 Å². The van der Waals surface area contributed by atoms with Crippen molar-refractivity contribution in [2.24, 2.45) is 5.92 Å². The second-order valence-corrected chi connectivity index (χ2v) is 9.66. The number of aliphatic hydroxyl groups excluding tert-OH is 1. The monoisotopic (exact) mass is 538 g/mol. The molecule has 1 fully saturated rings. The third kappa shape index (κ3) is 8.61. The molecule has 204 valence electrons. The average molecular weight is 538 g/mol. The third-order valence-corrected chi connectivity index (χ3v) is 6.95. The van der Waals surface area contributed by atoms with Crippen molar-refractivity contribution in [2.45, 2.75) is 45.1 Å². The summed E-state index contributed by atoms with van der Waals surface area (Å²) in [5.74, 6) is -2.20. The molecule has 1 aliphatic heterocycles. The Hall–Kier alpha value is -2.42. The maximum absolute atomic E-state index is 13.8. The maximum atomic E-state index is 13.8. The lowest BCUT2D eigenvalue weighted by Gasteiger charge is -2.23. The number of aliphatic hydroxyl groups is 1. The van der Waals surface area contributed by atoms with Crippen molar-refractivity contribution >= 4 is 19.6 Å². The minimum Gasteiger partial charge on any atom is -0.466 e. The van der Waals surface area contributed by atoms with Gasteiger partial charge in [0.2, 0.25) is 0 Å². The Kier molecular flexibility index (Phi) is 11.9. The van der Waals surface area contributed by atoms with Crippen molar-refractivity contribution in [1.82, 2.24) is 19.7 Å². The highest BCUT2D eigenvalue weighted by atomic mass is 31.2. The molecule has 4 atom stereocenters. The van der Waals surface area contributed by atoms with Gasteiger partial charge < -0.3 is 23.8 Å². The predicted octanol–water partition coefficient (Wildman–Crippen LogP) is -0.409. The minimum absolute atomic E-state index is 0.0986. The van der Waals surface area contributed by atoms with E-state index in [9.17, 15) is 33.2 Å². The zero-order valence-electron chi connectivity index (χ0n) is 20.0. The van der Waals surface area contributed by atoms with Crippen LogP contribution in [0.5, 0.6) is 0 Å². The molecule has 2 rings (SSSR count). The van der Waals surface area contributed by atoms with Gasteiger partial charge in [-0.1, -0.05) is 0 Å². The van der Waals surface area contributed by atoms with E-state index in [1.165, 1.54) is 0 Å². The number of carbonyl (C=O) groups excluding carboxylic acids is 2. The first-order chi connectivity index (χ1) is 17.1. The molecular weight excluding hydrogens is 506 g/mol. The van der Waals surface area contributed by atoms with Crippen molar-refractivity contribution in [1.29, 1.82) is 0 Å². The van der Waals surface area contributed by atoms with E-state index in [0.29, 0.717) is 0 Å². The van der Waals surface area contributed by atoms with E-state index in [2.05, 4.69) is 10.2 Å². The molecule has 14 nitrogen and oxygen atoms in total. The molecule has 1 aromatic rings. The largest absolute Gasteiger partial charge is 0.466 e. The maximum Gasteiger partial charge on any atom is 0.340 e. The van der Waals surface area contributed by atoms with Gasteiger partial charge in [-0.15, -0.1) is 0 Å². The number of aromatic amines is 1. The topological polar surface area (TPSA) is 187 Å². The first-order valence-corrected chi connectivity index (χ1v) is 13.0. The van der Waals surface area contributed by atoms with Crippen LogP contribution in [-0.4, -0.2) is 78.4 Å². The van der Waals surface area contributed by atoms with Gasteiger partial charge in [0.15, 0.2) is 6.23 Å². The minimum atomic E-state index is -3.90. The molecule has 2 heterocycles. The van der Waals surface area contributed by atoms with Crippen molar-refractivity contribution in [3.63, 3.8) is 0 Å². The number of hydrogen-bond donors (Lipinski definition) is 4. The molecule has 1 aliphatic rings. The zero-order valence-corrected chi connectivity index (χ0v) is 20.9. The SMILES string of the molecule is CCOC(=O)CCNP(=O)(NCCC(=O)OCC)OC[C@H]1O[C@@H](n2ccc(=O)[nH]c2=O)[C@H](O)[C@@H]1CF. The number of alkyl halides is 1. The average Bonchev–Trinajstić information content (AvgIpc) is 3.13. The fourth-order valence-corrected chi connectivity index (χ4v) is 4.87. The molecular formula is C20H32FN4O10P. The number of halogens is 1. The lowest BCUT2D eigenvalue weighted by atomic mass is 10.00. The number of aromatic nitrogens is 2. The van der Waals surface area contributed by atoms with E-state index in [1.807, 2.05) is 4.98 Å². The summed E-state index contributed by atoms with van der Waals surface area (Å²) in [4.78, 5) is 48.6. The summed E-state index contributed by atoms with van der Waals surface area (Å²) < 4.78 is 48.7. The lowest BCUT2D eigenvalue weighted by Crippen LogP contribution is -2.36. The Morgan fingerprint density at radius 1 is 1.17 bits per heavy atom. The molecule has 1 saturated heterocycles. The van der Waals surface area contributed by atoms with Crippen molar-refractivity contribution in [3.05, 3.63) is 33.1 Å². The molecule has 36 heavy (non-hydrogen) atoms. The summed E-state index contributed by atoms with van der Waals surface area (Å²) in [6.45, 7) is 1.92. The standard InChI is InChI=1S/C20H32FN4O10P/c1-3-32-16(27)5-8-22-36(31,23-9-6-17(28)33-4-2)34-12-14-13(11-21)18(29)19(35-14)25-10-7-15(26)24-20(25)30/h7,10,13-14,18-19,29H,3-6,8-9,11-12H2,1-2H3,(H2,22,23,31)(H,24,26,30)/t13-,14-,18-,19-/m1/s1. The van der Waals surface area contributed by atoms with E-state index in [0.717, 1.165) is 16.8 Å². The van der Waals surface area contributed by atoms with E-state index in [4.69, 9.17) is 18.7 Å². The number of esters is 2. The quantitative estimate of drug-likeness (QED) is 0.167. The zero-order chi connectivity index (χ0) is 26.7. The van der Waals surface area contributed by atoms with E-state index in [-0.39, 0.29) is 39.1 Å². The molecule has 0 radical (unpaired) electrons. The van der Waals surface area contributed by atoms with Crippen LogP contribution in [0.1, 0.15) is 32.9 Å². The number of H-pyrrole nitrogens is 1. The van der Waals surface area contributed by atoms with Crippen LogP contribution in [0.3, 0.4) is 0 Å². The Balaban J connectivity index is 2.08. The number of ether oxygens (including phenoxy) is 3. The fourth-order valence-electron chi connectivity index (χ4n) is 3.41. The van der Waals surface area contributed by atoms with Crippen LogP contribution in [0.25, 0.3) is 0 Å². The van der Waals surface area contributed by atoms with Gasteiger partial charge >= 0.3 is 25.3 Å². The van der Waals surface area contributed by atoms with Crippen LogP contribution < -0.4 is 21.4 Å². The number of hydrogen-bond acceptors (Lipinski definition) is 10. The molecule has 0 amide bonds. The van der Waals surface area contributed by atoms with Crippen LogP contribution in [0, 0.1) is 5.92 Å². The van der Waals surface area contributed by atoms with Crippen LogP contribution >= 0.6 is 7.67 Å². The first kappa shape index (κ1) is 29.8. The first-order valence-electron chi connectivity index (χ1n) is 11.4. The number of carbonyl (C=O) groups is 2. The Morgan fingerprint density at radius 2 is 1.75 bits per heavy atom. The fraction of sp³-hybridized carbons (Fsp3) is 0.700. The third-order valence-electron chi connectivity index (χ3n) is 5.16. The molecule has 0 saturated carbocycles. The van der Waals surface area contributed by atoms with Gasteiger partial charge in [-0.2, -0.15) is 0 Å². The van der Waals surface area contributed by atoms with E-state index in [1.54, 1.807) is 13.8 Å². The molecule has 1 aromatic heterocycles. The summed E-state index contributed by atoms with van der Waals surface area (Å²) in [5, 5.41) is 15.7. The molecule has 0 spiro atoms. The second-order valence-electron chi connectivity index (χ2n) is 7.66. The Labute approximate surface area is 206 Å². The summed E-state index contributed by atoms with van der Waals surface area (Å²) in [6, 6.07) is 1.04. The highest BCUT2D eigenvalue weighted by Gasteiger charge is 2.46.